The average molecular weight is 284 g/mol. The summed E-state index contributed by atoms with van der Waals surface area (Å²) >= 11 is 1.77. The molecule has 0 aromatic carbocycles. The van der Waals surface area contributed by atoms with Crippen LogP contribution in [0.5, 0.6) is 0 Å². The van der Waals surface area contributed by atoms with Crippen LogP contribution in [0.4, 0.5) is 0 Å². The molecule has 2 aliphatic rings. The van der Waals surface area contributed by atoms with E-state index < -0.39 is 0 Å². The lowest BCUT2D eigenvalue weighted by Crippen LogP contribution is -2.50. The fourth-order valence-electron chi connectivity index (χ4n) is 2.97. The van der Waals surface area contributed by atoms with Gasteiger partial charge in [-0.2, -0.15) is 11.8 Å². The average Bonchev–Trinajstić information content (AvgIpc) is 3.26. The number of nitrogens with zero attached hydrogens (tertiary/aromatic N) is 1. The van der Waals surface area contributed by atoms with E-state index in [1.54, 1.807) is 11.8 Å². The summed E-state index contributed by atoms with van der Waals surface area (Å²) in [6, 6.07) is 0.190. The van der Waals surface area contributed by atoms with E-state index >= 15 is 0 Å². The summed E-state index contributed by atoms with van der Waals surface area (Å²) < 4.78 is 0. The van der Waals surface area contributed by atoms with Gasteiger partial charge in [0.25, 0.3) is 0 Å². The highest BCUT2D eigenvalue weighted by Crippen LogP contribution is 2.33. The maximum atomic E-state index is 12.6. The molecule has 0 heterocycles. The van der Waals surface area contributed by atoms with Gasteiger partial charge in [-0.3, -0.25) is 4.79 Å². The summed E-state index contributed by atoms with van der Waals surface area (Å²) in [5, 5.41) is 0. The largest absolute Gasteiger partial charge is 0.338 e. The van der Waals surface area contributed by atoms with Gasteiger partial charge in [-0.25, -0.2) is 0 Å². The molecular formula is C15H28N2OS. The molecule has 2 aliphatic carbocycles. The van der Waals surface area contributed by atoms with E-state index in [4.69, 9.17) is 5.73 Å². The minimum Gasteiger partial charge on any atom is -0.338 e. The highest BCUT2D eigenvalue weighted by molar-refractivity contribution is 7.98. The van der Waals surface area contributed by atoms with Gasteiger partial charge in [0.1, 0.15) is 0 Å². The zero-order valence-corrected chi connectivity index (χ0v) is 13.0. The number of carbonyl (C=O) groups excluding carboxylic acids is 1. The van der Waals surface area contributed by atoms with Crippen LogP contribution in [-0.2, 0) is 4.79 Å². The predicted molar refractivity (Wildman–Crippen MR) is 82.3 cm³/mol. The smallest absolute Gasteiger partial charge is 0.239 e. The number of thioether (sulfide) groups is 1. The Hall–Kier alpha value is -0.220. The van der Waals surface area contributed by atoms with Gasteiger partial charge in [0.2, 0.25) is 5.91 Å². The molecule has 2 saturated carbocycles. The number of rotatable bonds is 7. The van der Waals surface area contributed by atoms with Gasteiger partial charge < -0.3 is 10.6 Å². The number of hydrogen-bond acceptors (Lipinski definition) is 3. The molecule has 2 fully saturated rings. The van der Waals surface area contributed by atoms with Gasteiger partial charge >= 0.3 is 0 Å². The first kappa shape index (κ1) is 15.2. The number of hydrogen-bond donors (Lipinski definition) is 1. The summed E-state index contributed by atoms with van der Waals surface area (Å²) in [5.74, 6) is 1.96. The van der Waals surface area contributed by atoms with Gasteiger partial charge in [-0.05, 0) is 50.0 Å². The first-order valence-corrected chi connectivity index (χ1v) is 9.16. The minimum atomic E-state index is -0.284. The standard InChI is InChI=1S/C15H28N2OS/c1-19-10-9-14(16)15(18)17(11-12-7-8-12)13-5-3-2-4-6-13/h12-14H,2-11,16H2,1H3/t14-/m0/s1. The van der Waals surface area contributed by atoms with Crippen molar-refractivity contribution in [3.8, 4) is 0 Å². The van der Waals surface area contributed by atoms with Crippen LogP contribution in [0, 0.1) is 5.92 Å². The molecule has 0 aromatic rings. The van der Waals surface area contributed by atoms with E-state index in [1.807, 2.05) is 0 Å². The van der Waals surface area contributed by atoms with E-state index in [1.165, 1.54) is 44.9 Å². The first-order valence-electron chi connectivity index (χ1n) is 7.77. The highest BCUT2D eigenvalue weighted by atomic mass is 32.2. The van der Waals surface area contributed by atoms with Crippen LogP contribution in [0.2, 0.25) is 0 Å². The third kappa shape index (κ3) is 4.67. The number of amides is 1. The van der Waals surface area contributed by atoms with E-state index in [-0.39, 0.29) is 11.9 Å². The molecule has 0 unspecified atom stereocenters. The van der Waals surface area contributed by atoms with Crippen LogP contribution < -0.4 is 5.73 Å². The van der Waals surface area contributed by atoms with Gasteiger partial charge in [-0.1, -0.05) is 19.3 Å². The van der Waals surface area contributed by atoms with Gasteiger partial charge in [0.15, 0.2) is 0 Å². The van der Waals surface area contributed by atoms with E-state index in [2.05, 4.69) is 11.2 Å². The molecule has 3 nitrogen and oxygen atoms in total. The monoisotopic (exact) mass is 284 g/mol. The lowest BCUT2D eigenvalue weighted by molar-refractivity contribution is -0.136. The Balaban J connectivity index is 1.92. The van der Waals surface area contributed by atoms with Crippen molar-refractivity contribution in [2.24, 2.45) is 11.7 Å². The molecule has 0 aliphatic heterocycles. The SMILES string of the molecule is CSCC[C@H](N)C(=O)N(CC1CC1)C1CCCCC1. The zero-order valence-electron chi connectivity index (χ0n) is 12.1. The highest BCUT2D eigenvalue weighted by Gasteiger charge is 2.33. The summed E-state index contributed by atoms with van der Waals surface area (Å²) in [6.07, 6.45) is 11.8. The van der Waals surface area contributed by atoms with E-state index in [0.717, 1.165) is 24.6 Å². The molecule has 110 valence electrons. The van der Waals surface area contributed by atoms with Crippen molar-refractivity contribution in [1.29, 1.82) is 0 Å². The summed E-state index contributed by atoms with van der Waals surface area (Å²) in [5.41, 5.74) is 6.10. The van der Waals surface area contributed by atoms with Crippen molar-refractivity contribution in [3.05, 3.63) is 0 Å². The van der Waals surface area contributed by atoms with Crippen LogP contribution in [0.1, 0.15) is 51.4 Å². The third-order valence-electron chi connectivity index (χ3n) is 4.40. The van der Waals surface area contributed by atoms with Crippen LogP contribution in [0.3, 0.4) is 0 Å². The van der Waals surface area contributed by atoms with Crippen molar-refractivity contribution in [1.82, 2.24) is 4.90 Å². The maximum absolute atomic E-state index is 12.6. The van der Waals surface area contributed by atoms with Crippen molar-refractivity contribution in [3.63, 3.8) is 0 Å². The normalized spacial score (nSPS) is 22.2. The molecule has 2 N–H and O–H groups in total. The topological polar surface area (TPSA) is 46.3 Å². The summed E-state index contributed by atoms with van der Waals surface area (Å²) in [6.45, 7) is 0.969. The lowest BCUT2D eigenvalue weighted by atomic mass is 9.93. The molecule has 4 heteroatoms. The molecule has 1 atom stereocenters. The van der Waals surface area contributed by atoms with Crippen molar-refractivity contribution < 1.29 is 4.79 Å². The van der Waals surface area contributed by atoms with Crippen molar-refractivity contribution >= 4 is 17.7 Å². The Morgan fingerprint density at radius 3 is 2.53 bits per heavy atom. The fraction of sp³-hybridized carbons (Fsp3) is 0.933. The molecule has 0 spiro atoms. The maximum Gasteiger partial charge on any atom is 0.239 e. The second kappa shape index (κ2) is 7.53. The van der Waals surface area contributed by atoms with E-state index in [9.17, 15) is 4.79 Å². The van der Waals surface area contributed by atoms with Crippen LogP contribution in [0.15, 0.2) is 0 Å². The number of nitrogens with two attached hydrogens (primary N) is 1. The zero-order chi connectivity index (χ0) is 13.7. The molecule has 0 bridgehead atoms. The van der Waals surface area contributed by atoms with Crippen molar-refractivity contribution in [2.45, 2.75) is 63.5 Å². The molecule has 1 amide bonds. The predicted octanol–water partition coefficient (Wildman–Crippen LogP) is 2.64. The Kier molecular flexibility index (Phi) is 6.02. The van der Waals surface area contributed by atoms with Gasteiger partial charge in [-0.15, -0.1) is 0 Å². The Labute approximate surface area is 121 Å². The Morgan fingerprint density at radius 1 is 1.26 bits per heavy atom. The van der Waals surface area contributed by atoms with Crippen LogP contribution in [0.25, 0.3) is 0 Å². The molecule has 0 aromatic heterocycles. The molecular weight excluding hydrogens is 256 g/mol. The molecule has 0 saturated heterocycles. The fourth-order valence-corrected chi connectivity index (χ4v) is 3.46. The minimum absolute atomic E-state index is 0.216. The molecule has 0 radical (unpaired) electrons. The molecule has 2 rings (SSSR count). The molecule has 19 heavy (non-hydrogen) atoms. The van der Waals surface area contributed by atoms with Crippen LogP contribution in [-0.4, -0.2) is 41.4 Å². The summed E-state index contributed by atoms with van der Waals surface area (Å²) in [4.78, 5) is 14.8. The second-order valence-corrected chi connectivity index (χ2v) is 7.10. The Morgan fingerprint density at radius 2 is 1.95 bits per heavy atom. The third-order valence-corrected chi connectivity index (χ3v) is 5.04. The Bertz CT molecular complexity index is 288. The van der Waals surface area contributed by atoms with E-state index in [0.29, 0.717) is 6.04 Å². The van der Waals surface area contributed by atoms with Gasteiger partial charge in [0.05, 0.1) is 6.04 Å². The first-order chi connectivity index (χ1) is 9.22. The number of carbonyl (C=O) groups is 1. The lowest BCUT2D eigenvalue weighted by Gasteiger charge is -2.36. The second-order valence-electron chi connectivity index (χ2n) is 6.11. The quantitative estimate of drug-likeness (QED) is 0.782. The van der Waals surface area contributed by atoms with Gasteiger partial charge in [0, 0.05) is 12.6 Å². The van der Waals surface area contributed by atoms with Crippen LogP contribution >= 0.6 is 11.8 Å². The van der Waals surface area contributed by atoms with Crippen molar-refractivity contribution in [2.75, 3.05) is 18.6 Å². The summed E-state index contributed by atoms with van der Waals surface area (Å²) in [7, 11) is 0.